The molecule has 0 aliphatic heterocycles. The smallest absolute Gasteiger partial charge is 0.228 e. The second-order valence-corrected chi connectivity index (χ2v) is 5.64. The van der Waals surface area contributed by atoms with Gasteiger partial charge in [0.25, 0.3) is 0 Å². The minimum atomic E-state index is 0.156. The van der Waals surface area contributed by atoms with Crippen LogP contribution in [-0.4, -0.2) is 16.2 Å². The van der Waals surface area contributed by atoms with Gasteiger partial charge in [0, 0.05) is 22.5 Å². The fraction of sp³-hybridized carbons (Fsp3) is 0.385. The molecule has 1 atom stereocenters. The minimum absolute atomic E-state index is 0.156. The van der Waals surface area contributed by atoms with Crippen molar-refractivity contribution in [2.75, 3.05) is 0 Å². The first-order valence-corrected chi connectivity index (χ1v) is 6.86. The number of halogens is 1. The first-order valence-electron chi connectivity index (χ1n) is 6.06. The van der Waals surface area contributed by atoms with E-state index in [0.717, 1.165) is 10.0 Å². The Labute approximate surface area is 114 Å². The summed E-state index contributed by atoms with van der Waals surface area (Å²) < 4.78 is 6.28. The molecule has 5 heteroatoms. The van der Waals surface area contributed by atoms with Gasteiger partial charge in [-0.1, -0.05) is 21.1 Å². The van der Waals surface area contributed by atoms with Crippen LogP contribution in [-0.2, 0) is 6.42 Å². The Morgan fingerprint density at radius 1 is 1.33 bits per heavy atom. The second kappa shape index (κ2) is 4.82. The van der Waals surface area contributed by atoms with Gasteiger partial charge >= 0.3 is 0 Å². The molecule has 2 N–H and O–H groups in total. The highest BCUT2D eigenvalue weighted by Crippen LogP contribution is 2.32. The molecule has 1 heterocycles. The van der Waals surface area contributed by atoms with E-state index in [1.807, 2.05) is 24.3 Å². The summed E-state index contributed by atoms with van der Waals surface area (Å²) in [6.45, 7) is 0. The third kappa shape index (κ3) is 2.62. The maximum atomic E-state index is 6.04. The molecule has 0 bridgehead atoms. The molecule has 3 rings (SSSR count). The molecule has 0 radical (unpaired) electrons. The lowest BCUT2D eigenvalue weighted by atomic mass is 10.1. The fourth-order valence-corrected chi connectivity index (χ4v) is 2.21. The maximum absolute atomic E-state index is 6.04. The van der Waals surface area contributed by atoms with Gasteiger partial charge in [0.1, 0.15) is 0 Å². The lowest BCUT2D eigenvalue weighted by molar-refractivity contribution is 0.364. The molecule has 0 saturated heterocycles. The highest BCUT2D eigenvalue weighted by atomic mass is 79.9. The number of rotatable bonds is 4. The van der Waals surface area contributed by atoms with E-state index in [9.17, 15) is 0 Å². The first kappa shape index (κ1) is 11.9. The normalized spacial score (nSPS) is 16.8. The van der Waals surface area contributed by atoms with Crippen LogP contribution in [0.15, 0.2) is 33.3 Å². The minimum Gasteiger partial charge on any atom is -0.339 e. The van der Waals surface area contributed by atoms with Crippen LogP contribution in [0.4, 0.5) is 0 Å². The second-order valence-electron chi connectivity index (χ2n) is 4.72. The van der Waals surface area contributed by atoms with Crippen LogP contribution in [0.5, 0.6) is 0 Å². The lowest BCUT2D eigenvalue weighted by Gasteiger charge is -2.04. The molecular formula is C13H14BrN3O. The quantitative estimate of drug-likeness (QED) is 0.943. The van der Waals surface area contributed by atoms with E-state index >= 15 is 0 Å². The molecule has 1 unspecified atom stereocenters. The third-order valence-electron chi connectivity index (χ3n) is 3.21. The van der Waals surface area contributed by atoms with Crippen LogP contribution >= 0.6 is 15.9 Å². The number of nitrogens with two attached hydrogens (primary N) is 1. The standard InChI is InChI=1S/C13H14BrN3O/c14-10-5-3-9(4-6-10)13-16-12(18-17-13)7-11(15)8-1-2-8/h3-6,8,11H,1-2,7,15H2. The van der Waals surface area contributed by atoms with Crippen molar-refractivity contribution in [1.29, 1.82) is 0 Å². The number of hydrogen-bond acceptors (Lipinski definition) is 4. The molecule has 0 spiro atoms. The van der Waals surface area contributed by atoms with Crippen LogP contribution in [0.1, 0.15) is 18.7 Å². The molecule has 18 heavy (non-hydrogen) atoms. The molecule has 1 aromatic carbocycles. The van der Waals surface area contributed by atoms with Crippen molar-refractivity contribution >= 4 is 15.9 Å². The van der Waals surface area contributed by atoms with Crippen LogP contribution in [0.2, 0.25) is 0 Å². The van der Waals surface area contributed by atoms with Crippen LogP contribution in [0.25, 0.3) is 11.4 Å². The van der Waals surface area contributed by atoms with Gasteiger partial charge in [-0.15, -0.1) is 0 Å². The summed E-state index contributed by atoms with van der Waals surface area (Å²) in [7, 11) is 0. The van der Waals surface area contributed by atoms with Crippen molar-refractivity contribution in [3.63, 3.8) is 0 Å². The van der Waals surface area contributed by atoms with Crippen molar-refractivity contribution in [2.45, 2.75) is 25.3 Å². The summed E-state index contributed by atoms with van der Waals surface area (Å²) in [6, 6.07) is 7.99. The summed E-state index contributed by atoms with van der Waals surface area (Å²) in [5.74, 6) is 1.90. The van der Waals surface area contributed by atoms with Crippen LogP contribution in [0.3, 0.4) is 0 Å². The zero-order valence-corrected chi connectivity index (χ0v) is 11.4. The number of nitrogens with zero attached hydrogens (tertiary/aromatic N) is 2. The van der Waals surface area contributed by atoms with Crippen LogP contribution < -0.4 is 5.73 Å². The monoisotopic (exact) mass is 307 g/mol. The predicted octanol–water partition coefficient (Wildman–Crippen LogP) is 2.78. The van der Waals surface area contributed by atoms with Gasteiger partial charge in [-0.25, -0.2) is 0 Å². The molecule has 1 saturated carbocycles. The predicted molar refractivity (Wildman–Crippen MR) is 71.8 cm³/mol. The third-order valence-corrected chi connectivity index (χ3v) is 3.74. The van der Waals surface area contributed by atoms with Gasteiger partial charge in [0.2, 0.25) is 11.7 Å². The Hall–Kier alpha value is -1.20. The van der Waals surface area contributed by atoms with E-state index in [1.54, 1.807) is 0 Å². The largest absolute Gasteiger partial charge is 0.339 e. The number of benzene rings is 1. The fourth-order valence-electron chi connectivity index (χ4n) is 1.95. The van der Waals surface area contributed by atoms with Crippen molar-refractivity contribution in [2.24, 2.45) is 11.7 Å². The highest BCUT2D eigenvalue weighted by Gasteiger charge is 2.29. The van der Waals surface area contributed by atoms with Crippen molar-refractivity contribution in [3.8, 4) is 11.4 Å². The average Bonchev–Trinajstić information content (AvgIpc) is 3.12. The molecule has 1 fully saturated rings. The lowest BCUT2D eigenvalue weighted by Crippen LogP contribution is -2.25. The van der Waals surface area contributed by atoms with E-state index < -0.39 is 0 Å². The molecular weight excluding hydrogens is 294 g/mol. The molecule has 1 aromatic heterocycles. The average molecular weight is 308 g/mol. The van der Waals surface area contributed by atoms with Gasteiger partial charge in [0.15, 0.2) is 0 Å². The molecule has 2 aromatic rings. The van der Waals surface area contributed by atoms with Gasteiger partial charge in [-0.2, -0.15) is 4.98 Å². The molecule has 94 valence electrons. The Balaban J connectivity index is 1.74. The topological polar surface area (TPSA) is 64.9 Å². The molecule has 4 nitrogen and oxygen atoms in total. The Morgan fingerprint density at radius 2 is 2.06 bits per heavy atom. The van der Waals surface area contributed by atoms with Crippen molar-refractivity contribution in [3.05, 3.63) is 34.6 Å². The van der Waals surface area contributed by atoms with Gasteiger partial charge in [-0.05, 0) is 43.0 Å². The summed E-state index contributed by atoms with van der Waals surface area (Å²) >= 11 is 3.40. The summed E-state index contributed by atoms with van der Waals surface area (Å²) in [4.78, 5) is 4.39. The van der Waals surface area contributed by atoms with Gasteiger partial charge in [0.05, 0.1) is 0 Å². The van der Waals surface area contributed by atoms with E-state index in [0.29, 0.717) is 24.1 Å². The molecule has 0 amide bonds. The Morgan fingerprint density at radius 3 is 2.72 bits per heavy atom. The van der Waals surface area contributed by atoms with Crippen molar-refractivity contribution < 1.29 is 4.52 Å². The van der Waals surface area contributed by atoms with E-state index in [4.69, 9.17) is 10.3 Å². The summed E-state index contributed by atoms with van der Waals surface area (Å²) in [5, 5.41) is 3.99. The highest BCUT2D eigenvalue weighted by molar-refractivity contribution is 9.10. The van der Waals surface area contributed by atoms with E-state index in [-0.39, 0.29) is 6.04 Å². The van der Waals surface area contributed by atoms with Gasteiger partial charge in [-0.3, -0.25) is 0 Å². The zero-order valence-electron chi connectivity index (χ0n) is 9.84. The Bertz CT molecular complexity index is 533. The number of hydrogen-bond donors (Lipinski definition) is 1. The molecule has 1 aliphatic rings. The van der Waals surface area contributed by atoms with E-state index in [1.165, 1.54) is 12.8 Å². The number of aromatic nitrogens is 2. The summed E-state index contributed by atoms with van der Waals surface area (Å²) in [5.41, 5.74) is 7.00. The Kier molecular flexibility index (Phi) is 3.18. The van der Waals surface area contributed by atoms with Crippen LogP contribution in [0, 0.1) is 5.92 Å². The summed E-state index contributed by atoms with van der Waals surface area (Å²) in [6.07, 6.45) is 3.14. The van der Waals surface area contributed by atoms with Crippen molar-refractivity contribution in [1.82, 2.24) is 10.1 Å². The van der Waals surface area contributed by atoms with E-state index in [2.05, 4.69) is 26.1 Å². The molecule has 1 aliphatic carbocycles. The zero-order chi connectivity index (χ0) is 12.5. The van der Waals surface area contributed by atoms with Gasteiger partial charge < -0.3 is 10.3 Å². The SMILES string of the molecule is NC(Cc1nc(-c2ccc(Br)cc2)no1)C1CC1. The first-order chi connectivity index (χ1) is 8.72. The maximum Gasteiger partial charge on any atom is 0.228 e.